The number of aliphatic hydroxyl groups is 2. The normalized spacial score (nSPS) is 17.8. The number of hydrogen-bond acceptors (Lipinski definition) is 9. The monoisotopic (exact) mass is 625 g/mol. The molecule has 5 atom stereocenters. The Hall–Kier alpha value is -2.13. The zero-order valence-corrected chi connectivity index (χ0v) is 25.2. The van der Waals surface area contributed by atoms with Crippen molar-refractivity contribution in [1.82, 2.24) is 5.32 Å². The van der Waals surface area contributed by atoms with E-state index >= 15 is 0 Å². The number of nitrogens with one attached hydrogen (secondary N) is 1. The maximum Gasteiger partial charge on any atom is 0.401 e. The highest BCUT2D eigenvalue weighted by molar-refractivity contribution is 5.82. The van der Waals surface area contributed by atoms with E-state index in [0.717, 1.165) is 6.92 Å². The van der Waals surface area contributed by atoms with Gasteiger partial charge in [-0.2, -0.15) is 26.3 Å². The van der Waals surface area contributed by atoms with Crippen molar-refractivity contribution in [3.63, 3.8) is 0 Å². The molecule has 0 aliphatic carbocycles. The van der Waals surface area contributed by atoms with Crippen molar-refractivity contribution >= 4 is 17.9 Å². The molecule has 3 N–H and O–H groups in total. The summed E-state index contributed by atoms with van der Waals surface area (Å²) in [5.41, 5.74) is -4.45. The summed E-state index contributed by atoms with van der Waals surface area (Å²) in [6, 6.07) is 0. The summed E-state index contributed by atoms with van der Waals surface area (Å²) in [7, 11) is 0. The molecule has 0 radical (unpaired) electrons. The third-order valence-electron chi connectivity index (χ3n) is 6.99. The maximum atomic E-state index is 13.3. The molecule has 0 amide bonds. The highest BCUT2D eigenvalue weighted by atomic mass is 19.4. The Bertz CT molecular complexity index is 880. The number of ether oxygens (including phenoxy) is 3. The van der Waals surface area contributed by atoms with Crippen LogP contribution in [0.4, 0.5) is 26.3 Å². The van der Waals surface area contributed by atoms with Gasteiger partial charge in [0.1, 0.15) is 13.2 Å². The van der Waals surface area contributed by atoms with Crippen molar-refractivity contribution in [2.24, 2.45) is 22.2 Å². The van der Waals surface area contributed by atoms with Crippen LogP contribution in [-0.2, 0) is 28.6 Å². The van der Waals surface area contributed by atoms with Gasteiger partial charge in [0, 0.05) is 6.54 Å². The molecule has 0 saturated carbocycles. The fourth-order valence-electron chi connectivity index (χ4n) is 4.75. The molecule has 0 aromatic carbocycles. The molecule has 5 unspecified atom stereocenters. The molecule has 0 rings (SSSR count). The number of carbonyl (C=O) groups excluding carboxylic acids is 3. The van der Waals surface area contributed by atoms with Crippen LogP contribution < -0.4 is 5.32 Å². The summed E-state index contributed by atoms with van der Waals surface area (Å²) >= 11 is 0. The molecule has 0 aliphatic heterocycles. The van der Waals surface area contributed by atoms with Crippen LogP contribution in [0.3, 0.4) is 0 Å². The topological polar surface area (TPSA) is 131 Å². The fraction of sp³-hybridized carbons (Fsp3) is 0.889. The van der Waals surface area contributed by atoms with E-state index in [-0.39, 0.29) is 32.4 Å². The van der Waals surface area contributed by atoms with Crippen LogP contribution in [0.1, 0.15) is 74.1 Å². The minimum Gasteiger partial charge on any atom is -0.464 e. The second kappa shape index (κ2) is 16.1. The minimum absolute atomic E-state index is 0.0586. The highest BCUT2D eigenvalue weighted by Gasteiger charge is 2.50. The maximum absolute atomic E-state index is 13.3. The summed E-state index contributed by atoms with van der Waals surface area (Å²) in [6.45, 7) is 6.71. The fourth-order valence-corrected chi connectivity index (χ4v) is 4.75. The van der Waals surface area contributed by atoms with E-state index in [1.807, 2.05) is 0 Å². The van der Waals surface area contributed by atoms with Crippen LogP contribution in [0.25, 0.3) is 0 Å². The number of halogens is 6. The summed E-state index contributed by atoms with van der Waals surface area (Å²) in [5, 5.41) is 20.6. The number of hydrogen-bond donors (Lipinski definition) is 3. The lowest BCUT2D eigenvalue weighted by atomic mass is 9.65. The Morgan fingerprint density at radius 1 is 0.833 bits per heavy atom. The van der Waals surface area contributed by atoms with Gasteiger partial charge in [-0.3, -0.25) is 14.4 Å². The number of rotatable bonds is 18. The summed E-state index contributed by atoms with van der Waals surface area (Å²) in [5.74, 6) is -4.76. The summed E-state index contributed by atoms with van der Waals surface area (Å²) < 4.78 is 92.7. The Labute approximate surface area is 242 Å². The Balaban J connectivity index is 6.01. The molecule has 0 aliphatic rings. The molecule has 0 bridgehead atoms. The molecular formula is C27H45F6NO8. The SMILES string of the molecule is CCC(C)(CC(C)(CC(C)(C)C(=O)OCCO)C(=O)OCCNCC(F)(F)F)C(=O)OC(C)CC(C(C)O)C(F)(F)F. The smallest absolute Gasteiger partial charge is 0.401 e. The van der Waals surface area contributed by atoms with Crippen LogP contribution in [0.15, 0.2) is 0 Å². The quantitative estimate of drug-likeness (QED) is 0.0882. The Kier molecular flexibility index (Phi) is 15.3. The molecule has 0 heterocycles. The van der Waals surface area contributed by atoms with Crippen molar-refractivity contribution < 1.29 is 65.1 Å². The zero-order valence-electron chi connectivity index (χ0n) is 25.2. The van der Waals surface area contributed by atoms with Gasteiger partial charge in [-0.1, -0.05) is 6.92 Å². The van der Waals surface area contributed by atoms with E-state index in [1.54, 1.807) is 6.92 Å². The van der Waals surface area contributed by atoms with Gasteiger partial charge < -0.3 is 29.7 Å². The number of carbonyl (C=O) groups is 3. The lowest BCUT2D eigenvalue weighted by molar-refractivity contribution is -0.208. The van der Waals surface area contributed by atoms with Gasteiger partial charge in [-0.15, -0.1) is 0 Å². The number of aliphatic hydroxyl groups excluding tert-OH is 2. The van der Waals surface area contributed by atoms with Gasteiger partial charge in [-0.05, 0) is 67.2 Å². The van der Waals surface area contributed by atoms with Crippen molar-refractivity contribution in [3.8, 4) is 0 Å². The van der Waals surface area contributed by atoms with E-state index in [1.165, 1.54) is 34.6 Å². The molecule has 15 heteroatoms. The van der Waals surface area contributed by atoms with Gasteiger partial charge in [0.2, 0.25) is 0 Å². The number of esters is 3. The molecule has 0 fully saturated rings. The van der Waals surface area contributed by atoms with Gasteiger partial charge in [0.05, 0.1) is 47.5 Å². The second-order valence-electron chi connectivity index (χ2n) is 11.8. The molecule has 9 nitrogen and oxygen atoms in total. The van der Waals surface area contributed by atoms with Crippen molar-refractivity contribution in [1.29, 1.82) is 0 Å². The van der Waals surface area contributed by atoms with Crippen LogP contribution in [0.2, 0.25) is 0 Å². The average Bonchev–Trinajstić information content (AvgIpc) is 2.83. The first kappa shape index (κ1) is 39.9. The molecule has 0 aromatic heterocycles. The highest BCUT2D eigenvalue weighted by Crippen LogP contribution is 2.46. The van der Waals surface area contributed by atoms with Crippen molar-refractivity contribution in [2.75, 3.05) is 32.9 Å². The lowest BCUT2D eigenvalue weighted by Gasteiger charge is -2.40. The standard InChI is InChI=1S/C27H45F6NO8/c1-8-24(6,22(39)42-17(2)13-19(18(3)36)27(31,32)33)15-25(7,14-23(4,5)20(37)41-12-10-35)21(38)40-11-9-34-16-26(28,29)30/h17-19,34-36H,8-16H2,1-7H3. The third-order valence-corrected chi connectivity index (χ3v) is 6.99. The molecule has 0 aromatic rings. The predicted molar refractivity (Wildman–Crippen MR) is 139 cm³/mol. The first-order valence-electron chi connectivity index (χ1n) is 13.6. The first-order chi connectivity index (χ1) is 18.9. The van der Waals surface area contributed by atoms with E-state index in [4.69, 9.17) is 19.3 Å². The molecular weight excluding hydrogens is 580 g/mol. The van der Waals surface area contributed by atoms with E-state index in [9.17, 15) is 45.8 Å². The third kappa shape index (κ3) is 13.4. The number of alkyl halides is 6. The first-order valence-corrected chi connectivity index (χ1v) is 13.6. The van der Waals surface area contributed by atoms with Crippen LogP contribution in [-0.4, -0.2) is 85.6 Å². The molecule has 0 saturated heterocycles. The van der Waals surface area contributed by atoms with Gasteiger partial charge in [0.25, 0.3) is 0 Å². The predicted octanol–water partition coefficient (Wildman–Crippen LogP) is 4.33. The van der Waals surface area contributed by atoms with Gasteiger partial charge in [0.15, 0.2) is 0 Å². The largest absolute Gasteiger partial charge is 0.464 e. The Morgan fingerprint density at radius 3 is 1.83 bits per heavy atom. The van der Waals surface area contributed by atoms with Gasteiger partial charge in [-0.25, -0.2) is 0 Å². The zero-order chi connectivity index (χ0) is 33.2. The summed E-state index contributed by atoms with van der Waals surface area (Å²) in [6.07, 6.45) is -13.4. The molecule has 248 valence electrons. The van der Waals surface area contributed by atoms with Crippen molar-refractivity contribution in [3.05, 3.63) is 0 Å². The van der Waals surface area contributed by atoms with E-state index < -0.39 is 90.8 Å². The van der Waals surface area contributed by atoms with Crippen LogP contribution >= 0.6 is 0 Å². The molecule has 0 spiro atoms. The second-order valence-corrected chi connectivity index (χ2v) is 11.8. The Morgan fingerprint density at radius 2 is 1.38 bits per heavy atom. The van der Waals surface area contributed by atoms with Crippen molar-refractivity contribution in [2.45, 2.75) is 98.7 Å². The summed E-state index contributed by atoms with van der Waals surface area (Å²) in [4.78, 5) is 39.3. The van der Waals surface area contributed by atoms with E-state index in [0.29, 0.717) is 0 Å². The minimum atomic E-state index is -4.74. The van der Waals surface area contributed by atoms with Gasteiger partial charge >= 0.3 is 30.3 Å². The average molecular weight is 626 g/mol. The van der Waals surface area contributed by atoms with E-state index in [2.05, 4.69) is 5.32 Å². The lowest BCUT2D eigenvalue weighted by Crippen LogP contribution is -2.45. The van der Waals surface area contributed by atoms with Crippen LogP contribution in [0.5, 0.6) is 0 Å². The van der Waals surface area contributed by atoms with Crippen LogP contribution in [0, 0.1) is 22.2 Å². The molecule has 42 heavy (non-hydrogen) atoms.